The first kappa shape index (κ1) is 27.1. The predicted molar refractivity (Wildman–Crippen MR) is 137 cm³/mol. The molecule has 0 aromatic heterocycles. The SMILES string of the molecule is COc1ccc(C(=O)NC(C)(C)C(=O)N2CCCC2C(=O)NC2CC(=O)OC2OCc2ccccc2)cc1. The Bertz CT molecular complexity index is 1170. The van der Waals surface area contributed by atoms with Crippen molar-refractivity contribution in [3.05, 3.63) is 65.7 Å². The molecule has 3 amide bonds. The Kier molecular flexibility index (Phi) is 8.31. The fourth-order valence-corrected chi connectivity index (χ4v) is 4.63. The van der Waals surface area contributed by atoms with Crippen LogP contribution in [0.4, 0.5) is 0 Å². The molecule has 2 heterocycles. The number of benzene rings is 2. The summed E-state index contributed by atoms with van der Waals surface area (Å²) in [6, 6.07) is 14.6. The van der Waals surface area contributed by atoms with Crippen molar-refractivity contribution in [1.29, 1.82) is 0 Å². The summed E-state index contributed by atoms with van der Waals surface area (Å²) in [4.78, 5) is 53.0. The Hall–Kier alpha value is -3.92. The van der Waals surface area contributed by atoms with Crippen LogP contribution in [0.15, 0.2) is 54.6 Å². The summed E-state index contributed by atoms with van der Waals surface area (Å²) < 4.78 is 16.2. The largest absolute Gasteiger partial charge is 0.497 e. The van der Waals surface area contributed by atoms with Crippen molar-refractivity contribution in [3.63, 3.8) is 0 Å². The van der Waals surface area contributed by atoms with Gasteiger partial charge in [-0.05, 0) is 56.5 Å². The molecule has 0 aliphatic carbocycles. The topological polar surface area (TPSA) is 123 Å². The van der Waals surface area contributed by atoms with Crippen LogP contribution < -0.4 is 15.4 Å². The molecule has 2 N–H and O–H groups in total. The van der Waals surface area contributed by atoms with E-state index < -0.39 is 35.8 Å². The van der Waals surface area contributed by atoms with Crippen molar-refractivity contribution in [2.24, 2.45) is 0 Å². The van der Waals surface area contributed by atoms with Crippen molar-refractivity contribution >= 4 is 23.7 Å². The van der Waals surface area contributed by atoms with Gasteiger partial charge < -0.3 is 29.7 Å². The maximum Gasteiger partial charge on any atom is 0.310 e. The fourth-order valence-electron chi connectivity index (χ4n) is 4.63. The number of rotatable bonds is 9. The van der Waals surface area contributed by atoms with E-state index in [9.17, 15) is 19.2 Å². The van der Waals surface area contributed by atoms with Crippen LogP contribution in [0.1, 0.15) is 49.0 Å². The maximum atomic E-state index is 13.5. The number of nitrogens with one attached hydrogen (secondary N) is 2. The first-order valence-electron chi connectivity index (χ1n) is 12.6. The number of hydrogen-bond acceptors (Lipinski definition) is 7. The number of likely N-dealkylation sites (tertiary alicyclic amines) is 1. The minimum atomic E-state index is -1.26. The highest BCUT2D eigenvalue weighted by molar-refractivity contribution is 6.00. The van der Waals surface area contributed by atoms with Crippen molar-refractivity contribution in [2.45, 2.75) is 63.6 Å². The molecule has 2 saturated heterocycles. The van der Waals surface area contributed by atoms with Crippen LogP contribution in [0.2, 0.25) is 0 Å². The molecule has 0 spiro atoms. The number of amides is 3. The number of carbonyl (C=O) groups is 4. The van der Waals surface area contributed by atoms with E-state index in [0.717, 1.165) is 5.56 Å². The minimum absolute atomic E-state index is 0.0186. The zero-order chi connectivity index (χ0) is 27.3. The average Bonchev–Trinajstić information content (AvgIpc) is 3.53. The molecule has 2 aromatic rings. The van der Waals surface area contributed by atoms with Gasteiger partial charge in [0.05, 0.1) is 20.1 Å². The van der Waals surface area contributed by atoms with Crippen LogP contribution in [0.5, 0.6) is 5.75 Å². The van der Waals surface area contributed by atoms with Gasteiger partial charge in [-0.1, -0.05) is 30.3 Å². The van der Waals surface area contributed by atoms with Gasteiger partial charge in [0, 0.05) is 12.1 Å². The highest BCUT2D eigenvalue weighted by atomic mass is 16.7. The van der Waals surface area contributed by atoms with Gasteiger partial charge in [-0.3, -0.25) is 19.2 Å². The Morgan fingerprint density at radius 1 is 1.08 bits per heavy atom. The monoisotopic (exact) mass is 523 g/mol. The Labute approximate surface area is 221 Å². The summed E-state index contributed by atoms with van der Waals surface area (Å²) in [5.41, 5.74) is 0.0371. The van der Waals surface area contributed by atoms with E-state index in [4.69, 9.17) is 14.2 Å². The normalized spacial score (nSPS) is 21.1. The molecule has 2 aliphatic heterocycles. The molecule has 0 bridgehead atoms. The molecule has 3 atom stereocenters. The van der Waals surface area contributed by atoms with Crippen molar-refractivity contribution < 1.29 is 33.4 Å². The van der Waals surface area contributed by atoms with Gasteiger partial charge in [-0.15, -0.1) is 0 Å². The molecule has 0 radical (unpaired) electrons. The maximum absolute atomic E-state index is 13.5. The Morgan fingerprint density at radius 3 is 2.47 bits per heavy atom. The second kappa shape index (κ2) is 11.6. The third-order valence-corrected chi connectivity index (χ3v) is 6.68. The molecule has 2 aliphatic rings. The van der Waals surface area contributed by atoms with Gasteiger partial charge in [0.1, 0.15) is 23.4 Å². The molecule has 3 unspecified atom stereocenters. The van der Waals surface area contributed by atoms with Crippen molar-refractivity contribution in [1.82, 2.24) is 15.5 Å². The lowest BCUT2D eigenvalue weighted by atomic mass is 10.0. The van der Waals surface area contributed by atoms with Gasteiger partial charge in [0.2, 0.25) is 18.1 Å². The van der Waals surface area contributed by atoms with Crippen molar-refractivity contribution in [3.8, 4) is 5.75 Å². The van der Waals surface area contributed by atoms with Crippen LogP contribution >= 0.6 is 0 Å². The second-order valence-corrected chi connectivity index (χ2v) is 9.94. The molecule has 10 nitrogen and oxygen atoms in total. The van der Waals surface area contributed by atoms with Crippen LogP contribution in [-0.4, -0.2) is 66.2 Å². The van der Waals surface area contributed by atoms with E-state index in [2.05, 4.69) is 10.6 Å². The van der Waals surface area contributed by atoms with Crippen LogP contribution in [-0.2, 0) is 30.5 Å². The van der Waals surface area contributed by atoms with Gasteiger partial charge in [0.15, 0.2) is 0 Å². The summed E-state index contributed by atoms with van der Waals surface area (Å²) in [7, 11) is 1.54. The fraction of sp³-hybridized carbons (Fsp3) is 0.429. The predicted octanol–water partition coefficient (Wildman–Crippen LogP) is 2.17. The zero-order valence-corrected chi connectivity index (χ0v) is 21.8. The molecule has 2 aromatic carbocycles. The third-order valence-electron chi connectivity index (χ3n) is 6.68. The van der Waals surface area contributed by atoms with Gasteiger partial charge in [-0.25, -0.2) is 0 Å². The Balaban J connectivity index is 1.37. The van der Waals surface area contributed by atoms with E-state index in [0.29, 0.717) is 30.7 Å². The number of hydrogen-bond donors (Lipinski definition) is 2. The lowest BCUT2D eigenvalue weighted by molar-refractivity contribution is -0.168. The summed E-state index contributed by atoms with van der Waals surface area (Å²) >= 11 is 0. The van der Waals surface area contributed by atoms with Crippen LogP contribution in [0.3, 0.4) is 0 Å². The summed E-state index contributed by atoms with van der Waals surface area (Å²) in [5, 5.41) is 5.63. The van der Waals surface area contributed by atoms with E-state index in [1.54, 1.807) is 38.1 Å². The number of carbonyl (C=O) groups excluding carboxylic acids is 4. The second-order valence-electron chi connectivity index (χ2n) is 9.94. The molecule has 4 rings (SSSR count). The molecule has 0 saturated carbocycles. The number of nitrogens with zero attached hydrogens (tertiary/aromatic N) is 1. The lowest BCUT2D eigenvalue weighted by Crippen LogP contribution is -2.59. The van der Waals surface area contributed by atoms with Gasteiger partial charge in [0.25, 0.3) is 5.91 Å². The standard InChI is InChI=1S/C28H33N3O7/c1-28(2,30-24(33)19-11-13-20(36-3)14-12-19)27(35)31-15-7-10-22(31)25(34)29-21-16-23(32)38-26(21)37-17-18-8-5-4-6-9-18/h4-6,8-9,11-14,21-22,26H,7,10,15-17H2,1-3H3,(H,29,34)(H,30,33). The quantitative estimate of drug-likeness (QED) is 0.483. The number of ether oxygens (including phenoxy) is 3. The lowest BCUT2D eigenvalue weighted by Gasteiger charge is -2.33. The molecule has 2 fully saturated rings. The smallest absolute Gasteiger partial charge is 0.310 e. The molecule has 202 valence electrons. The highest BCUT2D eigenvalue weighted by Crippen LogP contribution is 2.24. The molecule has 10 heteroatoms. The van der Waals surface area contributed by atoms with E-state index in [1.807, 2.05) is 30.3 Å². The summed E-state index contributed by atoms with van der Waals surface area (Å²) in [6.07, 6.45) is 0.171. The molecule has 38 heavy (non-hydrogen) atoms. The Morgan fingerprint density at radius 2 is 1.79 bits per heavy atom. The van der Waals surface area contributed by atoms with E-state index >= 15 is 0 Å². The van der Waals surface area contributed by atoms with Gasteiger partial charge in [-0.2, -0.15) is 0 Å². The van der Waals surface area contributed by atoms with Crippen LogP contribution in [0.25, 0.3) is 0 Å². The number of cyclic esters (lactones) is 1. The number of methoxy groups -OCH3 is 1. The van der Waals surface area contributed by atoms with Crippen molar-refractivity contribution in [2.75, 3.05) is 13.7 Å². The van der Waals surface area contributed by atoms with Gasteiger partial charge >= 0.3 is 5.97 Å². The zero-order valence-electron chi connectivity index (χ0n) is 21.8. The average molecular weight is 524 g/mol. The summed E-state index contributed by atoms with van der Waals surface area (Å²) in [6.45, 7) is 3.83. The first-order chi connectivity index (χ1) is 18.2. The van der Waals surface area contributed by atoms with E-state index in [1.165, 1.54) is 12.0 Å². The highest BCUT2D eigenvalue weighted by Gasteiger charge is 2.44. The number of esters is 1. The first-order valence-corrected chi connectivity index (χ1v) is 12.6. The van der Waals surface area contributed by atoms with E-state index in [-0.39, 0.29) is 24.8 Å². The third kappa shape index (κ3) is 6.31. The summed E-state index contributed by atoms with van der Waals surface area (Å²) in [5.74, 6) is -1.01. The van der Waals surface area contributed by atoms with Crippen LogP contribution in [0, 0.1) is 0 Å². The minimum Gasteiger partial charge on any atom is -0.497 e. The molecular weight excluding hydrogens is 490 g/mol. The molecular formula is C28H33N3O7.